The second-order valence-electron chi connectivity index (χ2n) is 8.80. The average Bonchev–Trinajstić information content (AvgIpc) is 2.84. The van der Waals surface area contributed by atoms with Crippen molar-refractivity contribution >= 4 is 32.3 Å². The van der Waals surface area contributed by atoms with Crippen LogP contribution in [0.25, 0.3) is 32.3 Å². The second kappa shape index (κ2) is 8.24. The Morgan fingerprint density at radius 3 is 1.38 bits per heavy atom. The molecule has 0 aliphatic carbocycles. The molecule has 0 N–H and O–H groups in total. The third-order valence-corrected chi connectivity index (χ3v) is 6.25. The summed E-state index contributed by atoms with van der Waals surface area (Å²) in [6.07, 6.45) is 0. The number of benzene rings is 6. The highest BCUT2D eigenvalue weighted by Gasteiger charge is 2.09. The van der Waals surface area contributed by atoms with Gasteiger partial charge in [-0.1, -0.05) is 83.9 Å². The molecule has 34 heavy (non-hydrogen) atoms. The first kappa shape index (κ1) is 20.3. The highest BCUT2D eigenvalue weighted by Crippen LogP contribution is 2.37. The molecule has 0 fully saturated rings. The van der Waals surface area contributed by atoms with Gasteiger partial charge in [0.05, 0.1) is 0 Å². The molecule has 164 valence electrons. The molecule has 0 aliphatic heterocycles. The van der Waals surface area contributed by atoms with Crippen molar-refractivity contribution in [3.63, 3.8) is 0 Å². The van der Waals surface area contributed by atoms with Crippen molar-refractivity contribution < 1.29 is 9.47 Å². The molecular weight excluding hydrogens is 416 g/mol. The van der Waals surface area contributed by atoms with Crippen LogP contribution in [-0.4, -0.2) is 0 Å². The molecule has 0 spiro atoms. The molecule has 0 heterocycles. The molecular formula is C32H24O2. The summed E-state index contributed by atoms with van der Waals surface area (Å²) in [5.74, 6) is 3.35. The van der Waals surface area contributed by atoms with Gasteiger partial charge in [0.25, 0.3) is 0 Å². The SMILES string of the molecule is Cc1ccc2c(Oc3ccc4c(Oc5cccc6cc(C)ccc56)cccc4c3)cccc2c1. The number of fused-ring (bicyclic) bond motifs is 3. The summed E-state index contributed by atoms with van der Waals surface area (Å²) in [6.45, 7) is 4.21. The molecule has 6 rings (SSSR count). The van der Waals surface area contributed by atoms with Gasteiger partial charge in [-0.15, -0.1) is 0 Å². The maximum atomic E-state index is 6.43. The maximum Gasteiger partial charge on any atom is 0.135 e. The summed E-state index contributed by atoms with van der Waals surface area (Å²) in [5.41, 5.74) is 2.48. The van der Waals surface area contributed by atoms with Crippen molar-refractivity contribution in [2.24, 2.45) is 0 Å². The van der Waals surface area contributed by atoms with Crippen LogP contribution in [-0.2, 0) is 0 Å². The lowest BCUT2D eigenvalue weighted by molar-refractivity contribution is 0.488. The first-order chi connectivity index (χ1) is 16.6. The fourth-order valence-corrected chi connectivity index (χ4v) is 4.55. The minimum absolute atomic E-state index is 0.804. The van der Waals surface area contributed by atoms with Crippen LogP contribution < -0.4 is 9.47 Å². The lowest BCUT2D eigenvalue weighted by atomic mass is 10.1. The Morgan fingerprint density at radius 1 is 0.412 bits per heavy atom. The van der Waals surface area contributed by atoms with Crippen LogP contribution in [0.2, 0.25) is 0 Å². The number of hydrogen-bond acceptors (Lipinski definition) is 2. The molecule has 2 nitrogen and oxygen atoms in total. The normalized spacial score (nSPS) is 11.2. The number of ether oxygens (including phenoxy) is 2. The summed E-state index contributed by atoms with van der Waals surface area (Å²) in [6, 6.07) is 37.5. The van der Waals surface area contributed by atoms with E-state index in [1.807, 2.05) is 42.5 Å². The van der Waals surface area contributed by atoms with Gasteiger partial charge in [0, 0.05) is 16.2 Å². The van der Waals surface area contributed by atoms with E-state index in [1.54, 1.807) is 0 Å². The number of rotatable bonds is 4. The Morgan fingerprint density at radius 2 is 0.853 bits per heavy atom. The van der Waals surface area contributed by atoms with E-state index in [-0.39, 0.29) is 0 Å². The van der Waals surface area contributed by atoms with Gasteiger partial charge in [0.15, 0.2) is 0 Å². The van der Waals surface area contributed by atoms with E-state index in [0.717, 1.165) is 44.5 Å². The van der Waals surface area contributed by atoms with Gasteiger partial charge in [0.1, 0.15) is 23.0 Å². The number of aryl methyl sites for hydroxylation is 2. The van der Waals surface area contributed by atoms with Crippen molar-refractivity contribution in [1.82, 2.24) is 0 Å². The molecule has 0 bridgehead atoms. The van der Waals surface area contributed by atoms with Gasteiger partial charge in [0.2, 0.25) is 0 Å². The molecule has 0 saturated carbocycles. The van der Waals surface area contributed by atoms with E-state index in [2.05, 4.69) is 80.6 Å². The van der Waals surface area contributed by atoms with Crippen LogP contribution in [0.5, 0.6) is 23.0 Å². The minimum Gasteiger partial charge on any atom is -0.457 e. The lowest BCUT2D eigenvalue weighted by Gasteiger charge is -2.13. The van der Waals surface area contributed by atoms with Gasteiger partial charge in [-0.05, 0) is 66.4 Å². The average molecular weight is 441 g/mol. The predicted octanol–water partition coefficient (Wildman–Crippen LogP) is 9.35. The molecule has 6 aromatic rings. The first-order valence-corrected chi connectivity index (χ1v) is 11.5. The van der Waals surface area contributed by atoms with Gasteiger partial charge in [-0.25, -0.2) is 0 Å². The fraction of sp³-hybridized carbons (Fsp3) is 0.0625. The van der Waals surface area contributed by atoms with Gasteiger partial charge >= 0.3 is 0 Å². The van der Waals surface area contributed by atoms with E-state index >= 15 is 0 Å². The molecule has 0 radical (unpaired) electrons. The van der Waals surface area contributed by atoms with Crippen molar-refractivity contribution in [1.29, 1.82) is 0 Å². The minimum atomic E-state index is 0.804. The summed E-state index contributed by atoms with van der Waals surface area (Å²) in [4.78, 5) is 0. The lowest BCUT2D eigenvalue weighted by Crippen LogP contribution is -1.89. The first-order valence-electron chi connectivity index (χ1n) is 11.5. The van der Waals surface area contributed by atoms with Gasteiger partial charge in [-0.3, -0.25) is 0 Å². The third-order valence-electron chi connectivity index (χ3n) is 6.25. The van der Waals surface area contributed by atoms with E-state index in [0.29, 0.717) is 0 Å². The monoisotopic (exact) mass is 440 g/mol. The van der Waals surface area contributed by atoms with Crippen molar-refractivity contribution in [3.8, 4) is 23.0 Å². The summed E-state index contributed by atoms with van der Waals surface area (Å²) < 4.78 is 12.8. The van der Waals surface area contributed by atoms with E-state index in [9.17, 15) is 0 Å². The smallest absolute Gasteiger partial charge is 0.135 e. The van der Waals surface area contributed by atoms with Crippen LogP contribution in [0.15, 0.2) is 109 Å². The van der Waals surface area contributed by atoms with Crippen molar-refractivity contribution in [3.05, 3.63) is 120 Å². The Kier molecular flexibility index (Phi) is 4.92. The Bertz CT molecular complexity index is 1680. The highest BCUT2D eigenvalue weighted by atomic mass is 16.5. The van der Waals surface area contributed by atoms with Gasteiger partial charge in [-0.2, -0.15) is 0 Å². The maximum absolute atomic E-state index is 6.43. The summed E-state index contributed by atoms with van der Waals surface area (Å²) in [7, 11) is 0. The van der Waals surface area contributed by atoms with Crippen LogP contribution in [0.3, 0.4) is 0 Å². The molecule has 0 amide bonds. The highest BCUT2D eigenvalue weighted by molar-refractivity contribution is 5.93. The van der Waals surface area contributed by atoms with E-state index in [4.69, 9.17) is 9.47 Å². The van der Waals surface area contributed by atoms with Crippen molar-refractivity contribution in [2.45, 2.75) is 13.8 Å². The quantitative estimate of drug-likeness (QED) is 0.272. The largest absolute Gasteiger partial charge is 0.457 e. The molecule has 6 aromatic carbocycles. The Labute approximate surface area is 199 Å². The number of hydrogen-bond donors (Lipinski definition) is 0. The Hall–Kier alpha value is -4.30. The van der Waals surface area contributed by atoms with Gasteiger partial charge < -0.3 is 9.47 Å². The van der Waals surface area contributed by atoms with Crippen LogP contribution in [0, 0.1) is 13.8 Å². The zero-order valence-corrected chi connectivity index (χ0v) is 19.2. The van der Waals surface area contributed by atoms with Crippen LogP contribution in [0.1, 0.15) is 11.1 Å². The zero-order valence-electron chi connectivity index (χ0n) is 19.2. The summed E-state index contributed by atoms with van der Waals surface area (Å²) in [5, 5.41) is 6.69. The summed E-state index contributed by atoms with van der Waals surface area (Å²) >= 11 is 0. The second-order valence-corrected chi connectivity index (χ2v) is 8.80. The van der Waals surface area contributed by atoms with Crippen LogP contribution >= 0.6 is 0 Å². The topological polar surface area (TPSA) is 18.5 Å². The van der Waals surface area contributed by atoms with E-state index < -0.39 is 0 Å². The Balaban J connectivity index is 1.36. The molecule has 0 unspecified atom stereocenters. The van der Waals surface area contributed by atoms with Crippen LogP contribution in [0.4, 0.5) is 0 Å². The predicted molar refractivity (Wildman–Crippen MR) is 141 cm³/mol. The zero-order chi connectivity index (χ0) is 23.1. The fourth-order valence-electron chi connectivity index (χ4n) is 4.55. The molecule has 0 atom stereocenters. The third kappa shape index (κ3) is 3.74. The molecule has 0 saturated heterocycles. The molecule has 0 aromatic heterocycles. The standard InChI is InChI=1S/C32H24O2/c1-21-12-15-27-23(18-21)6-3-9-30(27)33-26-14-17-29-25(20-26)8-5-11-32(29)34-31-10-4-7-24-19-22(2)13-16-28(24)31/h3-20H,1-2H3. The molecule has 0 aliphatic rings. The molecule has 2 heteroatoms. The van der Waals surface area contributed by atoms with E-state index in [1.165, 1.54) is 21.9 Å². The van der Waals surface area contributed by atoms with Crippen molar-refractivity contribution in [2.75, 3.05) is 0 Å².